The van der Waals surface area contributed by atoms with Gasteiger partial charge in [0.15, 0.2) is 0 Å². The molecule has 1 heterocycles. The molecule has 0 bridgehead atoms. The molecule has 1 fully saturated rings. The Balaban J connectivity index is 2.36. The number of esters is 1. The molecule has 1 saturated heterocycles. The zero-order chi connectivity index (χ0) is 33.7. The minimum atomic E-state index is -0.820. The second kappa shape index (κ2) is 14.7. The number of hydrogen-bond acceptors (Lipinski definition) is 6. The second-order valence-electron chi connectivity index (χ2n) is 14.3. The van der Waals surface area contributed by atoms with Gasteiger partial charge in [-0.1, -0.05) is 72.7 Å². The van der Waals surface area contributed by atoms with E-state index < -0.39 is 41.0 Å². The van der Waals surface area contributed by atoms with E-state index in [0.717, 1.165) is 17.5 Å². The topological polar surface area (TPSA) is 108 Å². The highest BCUT2D eigenvalue weighted by atomic mass is 16.5. The lowest BCUT2D eigenvalue weighted by Crippen LogP contribution is -2.61. The van der Waals surface area contributed by atoms with Crippen LogP contribution in [0.4, 0.5) is 0 Å². The fourth-order valence-electron chi connectivity index (χ4n) is 6.05. The van der Waals surface area contributed by atoms with Crippen LogP contribution in [0.5, 0.6) is 0 Å². The van der Waals surface area contributed by atoms with Gasteiger partial charge in [-0.15, -0.1) is 0 Å². The smallest absolute Gasteiger partial charge is 0.328 e. The van der Waals surface area contributed by atoms with E-state index >= 15 is 0 Å². The first kappa shape index (κ1) is 37.0. The van der Waals surface area contributed by atoms with Gasteiger partial charge in [0.1, 0.15) is 12.1 Å². The molecular weight excluding hydrogens is 556 g/mol. The summed E-state index contributed by atoms with van der Waals surface area (Å²) in [6.45, 7) is 20.2. The average molecular weight is 613 g/mol. The predicted molar refractivity (Wildman–Crippen MR) is 175 cm³/mol. The molecule has 0 unspecified atom stereocenters. The van der Waals surface area contributed by atoms with E-state index in [4.69, 9.17) is 4.74 Å². The largest absolute Gasteiger partial charge is 0.467 e. The van der Waals surface area contributed by atoms with Gasteiger partial charge in [-0.2, -0.15) is 0 Å². The molecule has 246 valence electrons. The molecule has 4 atom stereocenters. The highest BCUT2D eigenvalue weighted by Crippen LogP contribution is 2.30. The number of rotatable bonds is 11. The lowest BCUT2D eigenvalue weighted by molar-refractivity contribution is -0.149. The Labute approximate surface area is 265 Å². The number of carbonyl (C=O) groups is 4. The van der Waals surface area contributed by atoms with Gasteiger partial charge in [0.2, 0.25) is 17.7 Å². The Morgan fingerprint density at radius 2 is 1.66 bits per heavy atom. The van der Waals surface area contributed by atoms with Crippen molar-refractivity contribution in [3.63, 3.8) is 0 Å². The first-order valence-corrected chi connectivity index (χ1v) is 15.7. The number of methoxy groups -OCH3 is 1. The van der Waals surface area contributed by atoms with Crippen LogP contribution in [-0.2, 0) is 29.3 Å². The summed E-state index contributed by atoms with van der Waals surface area (Å²) in [5.41, 5.74) is 2.67. The number of hydrogen-bond donors (Lipinski definition) is 2. The average Bonchev–Trinajstić information content (AvgIpc) is 3.43. The maximum absolute atomic E-state index is 14.2. The molecule has 0 spiro atoms. The number of carbonyl (C=O) groups excluding carboxylic acids is 4. The minimum absolute atomic E-state index is 0.0215. The molecule has 0 aromatic heterocycles. The highest BCUT2D eigenvalue weighted by Gasteiger charge is 2.42. The van der Waals surface area contributed by atoms with Crippen molar-refractivity contribution in [1.82, 2.24) is 20.4 Å². The fraction of sp³-hybridized carbons (Fsp3) is 0.657. The van der Waals surface area contributed by atoms with Gasteiger partial charge in [0.25, 0.3) is 0 Å². The molecule has 0 saturated carbocycles. The Morgan fingerprint density at radius 3 is 2.16 bits per heavy atom. The SMILES string of the molecule is CN[C@H](C(=O)N[C@H](C(=O)N(C)[C@H](C=C(C)C(=O)N1CCC[C@H]1C(=O)OC)C(C)C)C(C)(C)C)C(C)(C)c1ccc(C)c(C)c1. The summed E-state index contributed by atoms with van der Waals surface area (Å²) in [4.78, 5) is 56.9. The van der Waals surface area contributed by atoms with Crippen molar-refractivity contribution in [2.75, 3.05) is 27.7 Å². The van der Waals surface area contributed by atoms with Crippen molar-refractivity contribution in [1.29, 1.82) is 0 Å². The lowest BCUT2D eigenvalue weighted by Gasteiger charge is -2.40. The number of nitrogens with one attached hydrogen (secondary N) is 2. The summed E-state index contributed by atoms with van der Waals surface area (Å²) in [7, 11) is 4.81. The third-order valence-electron chi connectivity index (χ3n) is 9.15. The number of ether oxygens (including phenoxy) is 1. The number of benzene rings is 1. The predicted octanol–water partition coefficient (Wildman–Crippen LogP) is 4.29. The third kappa shape index (κ3) is 8.29. The maximum Gasteiger partial charge on any atom is 0.328 e. The summed E-state index contributed by atoms with van der Waals surface area (Å²) in [5, 5.41) is 6.29. The van der Waals surface area contributed by atoms with Gasteiger partial charge >= 0.3 is 5.97 Å². The summed E-state index contributed by atoms with van der Waals surface area (Å²) in [5.74, 6) is -1.18. The zero-order valence-corrected chi connectivity index (χ0v) is 29.3. The van der Waals surface area contributed by atoms with Gasteiger partial charge in [0.05, 0.1) is 19.2 Å². The van der Waals surface area contributed by atoms with E-state index in [9.17, 15) is 19.2 Å². The van der Waals surface area contributed by atoms with Crippen molar-refractivity contribution in [3.05, 3.63) is 46.5 Å². The number of nitrogens with zero attached hydrogens (tertiary/aromatic N) is 2. The van der Waals surface area contributed by atoms with Crippen molar-refractivity contribution in [2.45, 2.75) is 112 Å². The van der Waals surface area contributed by atoms with Gasteiger partial charge in [-0.3, -0.25) is 14.4 Å². The van der Waals surface area contributed by atoms with Gasteiger partial charge in [-0.05, 0) is 68.7 Å². The molecule has 44 heavy (non-hydrogen) atoms. The molecule has 0 aliphatic carbocycles. The van der Waals surface area contributed by atoms with E-state index in [1.165, 1.54) is 12.7 Å². The van der Waals surface area contributed by atoms with Crippen LogP contribution in [0.15, 0.2) is 29.8 Å². The number of aryl methyl sites for hydroxylation is 2. The van der Waals surface area contributed by atoms with Gasteiger partial charge in [-0.25, -0.2) is 4.79 Å². The Hall–Kier alpha value is -3.20. The van der Waals surface area contributed by atoms with E-state index in [1.807, 2.05) is 48.5 Å². The van der Waals surface area contributed by atoms with Crippen LogP contribution < -0.4 is 10.6 Å². The van der Waals surface area contributed by atoms with E-state index in [2.05, 4.69) is 42.7 Å². The van der Waals surface area contributed by atoms with Crippen LogP contribution in [0.25, 0.3) is 0 Å². The van der Waals surface area contributed by atoms with Gasteiger partial charge in [0, 0.05) is 24.6 Å². The van der Waals surface area contributed by atoms with Crippen molar-refractivity contribution in [3.8, 4) is 0 Å². The van der Waals surface area contributed by atoms with Crippen molar-refractivity contribution >= 4 is 23.7 Å². The number of amides is 3. The Morgan fingerprint density at radius 1 is 1.05 bits per heavy atom. The van der Waals surface area contributed by atoms with E-state index in [1.54, 1.807) is 36.9 Å². The molecule has 3 amide bonds. The highest BCUT2D eigenvalue weighted by molar-refractivity contribution is 5.96. The standard InChI is InChI=1S/C35H56N4O5/c1-21(2)27(20-24(5)31(41)39-18-14-15-26(39)33(43)44-13)38(12)32(42)29(34(6,7)8)37-30(40)28(36-11)35(9,10)25-17-16-22(3)23(4)19-25/h16-17,19-21,26-29,36H,14-15,18H2,1-13H3,(H,37,40)/t26-,27+,28+,29+/m0/s1. The summed E-state index contributed by atoms with van der Waals surface area (Å²) < 4.78 is 4.91. The quantitative estimate of drug-likeness (QED) is 0.285. The molecule has 2 N–H and O–H groups in total. The van der Waals surface area contributed by atoms with Crippen LogP contribution in [0.2, 0.25) is 0 Å². The summed E-state index contributed by atoms with van der Waals surface area (Å²) >= 11 is 0. The lowest BCUT2D eigenvalue weighted by atomic mass is 9.76. The molecule has 1 aliphatic heterocycles. The second-order valence-corrected chi connectivity index (χ2v) is 14.3. The van der Waals surface area contributed by atoms with Crippen molar-refractivity contribution in [2.24, 2.45) is 11.3 Å². The van der Waals surface area contributed by atoms with Crippen LogP contribution in [0, 0.1) is 25.2 Å². The molecule has 0 radical (unpaired) electrons. The monoisotopic (exact) mass is 612 g/mol. The Kier molecular flexibility index (Phi) is 12.4. The first-order chi connectivity index (χ1) is 20.3. The molecule has 2 rings (SSSR count). The molecule has 1 aromatic carbocycles. The van der Waals surface area contributed by atoms with Crippen LogP contribution in [-0.4, -0.2) is 85.4 Å². The fourth-order valence-corrected chi connectivity index (χ4v) is 6.05. The molecular formula is C35H56N4O5. The summed E-state index contributed by atoms with van der Waals surface area (Å²) in [6, 6.07) is 3.81. The normalized spacial score (nSPS) is 18.1. The minimum Gasteiger partial charge on any atom is -0.467 e. The van der Waals surface area contributed by atoms with E-state index in [0.29, 0.717) is 18.5 Å². The third-order valence-corrected chi connectivity index (χ3v) is 9.15. The van der Waals surface area contributed by atoms with Gasteiger partial charge < -0.3 is 25.2 Å². The molecule has 9 nitrogen and oxygen atoms in total. The molecule has 9 heteroatoms. The molecule has 1 aromatic rings. The number of likely N-dealkylation sites (tertiary alicyclic amines) is 1. The first-order valence-electron chi connectivity index (χ1n) is 15.7. The van der Waals surface area contributed by atoms with Crippen LogP contribution in [0.3, 0.4) is 0 Å². The van der Waals surface area contributed by atoms with Crippen LogP contribution in [0.1, 0.15) is 84.9 Å². The van der Waals surface area contributed by atoms with Crippen molar-refractivity contribution < 1.29 is 23.9 Å². The summed E-state index contributed by atoms with van der Waals surface area (Å²) in [6.07, 6.45) is 3.10. The van der Waals surface area contributed by atoms with Crippen LogP contribution >= 0.6 is 0 Å². The van der Waals surface area contributed by atoms with E-state index in [-0.39, 0.29) is 23.6 Å². The Bertz CT molecular complexity index is 1250. The number of likely N-dealkylation sites (N-methyl/N-ethyl adjacent to an activating group) is 2. The zero-order valence-electron chi connectivity index (χ0n) is 29.3. The maximum atomic E-state index is 14.2. The molecule has 1 aliphatic rings.